The molecule has 2 aromatic rings. The first-order valence-electron chi connectivity index (χ1n) is 7.12. The molecule has 0 radical (unpaired) electrons. The summed E-state index contributed by atoms with van der Waals surface area (Å²) in [6, 6.07) is 16.2. The summed E-state index contributed by atoms with van der Waals surface area (Å²) in [4.78, 5) is 11.7. The van der Waals surface area contributed by atoms with Crippen molar-refractivity contribution in [3.05, 3.63) is 71.5 Å². The van der Waals surface area contributed by atoms with Gasteiger partial charge in [-0.25, -0.2) is 4.39 Å². The third-order valence-electron chi connectivity index (χ3n) is 3.17. The molecule has 0 fully saturated rings. The van der Waals surface area contributed by atoms with Crippen molar-refractivity contribution in [3.8, 4) is 0 Å². The average molecular weight is 286 g/mol. The second-order valence-corrected chi connectivity index (χ2v) is 4.98. The molecule has 2 nitrogen and oxygen atoms in total. The Morgan fingerprint density at radius 2 is 1.67 bits per heavy atom. The zero-order valence-electron chi connectivity index (χ0n) is 11.9. The fraction of sp³-hybridized carbons (Fsp3) is 0.278. The van der Waals surface area contributed by atoms with Crippen LogP contribution in [0.15, 0.2) is 54.6 Å². The van der Waals surface area contributed by atoms with Crippen molar-refractivity contribution in [1.82, 2.24) is 0 Å². The number of Topliss-reactive ketones (excluding diaryl/α,β-unsaturated/α-hetero) is 1. The van der Waals surface area contributed by atoms with Gasteiger partial charge in [0.15, 0.2) is 5.78 Å². The third kappa shape index (κ3) is 5.88. The molecule has 0 aliphatic heterocycles. The van der Waals surface area contributed by atoms with Crippen LogP contribution in [0.3, 0.4) is 0 Å². The molecule has 0 aliphatic carbocycles. The number of carbonyl (C=O) groups is 1. The number of benzene rings is 2. The SMILES string of the molecule is O=C(COCCCc1ccccc1)Cc1ccc(F)cc1. The molecule has 110 valence electrons. The molecule has 0 saturated carbocycles. The van der Waals surface area contributed by atoms with E-state index in [-0.39, 0.29) is 18.2 Å². The highest BCUT2D eigenvalue weighted by Gasteiger charge is 2.04. The van der Waals surface area contributed by atoms with Crippen molar-refractivity contribution in [2.24, 2.45) is 0 Å². The van der Waals surface area contributed by atoms with Gasteiger partial charge in [-0.05, 0) is 36.1 Å². The normalized spacial score (nSPS) is 10.5. The van der Waals surface area contributed by atoms with Gasteiger partial charge in [-0.2, -0.15) is 0 Å². The van der Waals surface area contributed by atoms with Crippen LogP contribution in [0.1, 0.15) is 17.5 Å². The van der Waals surface area contributed by atoms with Crippen LogP contribution in [-0.4, -0.2) is 19.0 Å². The number of rotatable bonds is 8. The van der Waals surface area contributed by atoms with Crippen LogP contribution in [0.25, 0.3) is 0 Å². The molecule has 21 heavy (non-hydrogen) atoms. The van der Waals surface area contributed by atoms with Crippen LogP contribution < -0.4 is 0 Å². The molecule has 0 aromatic heterocycles. The standard InChI is InChI=1S/C18H19FO2/c19-17-10-8-16(9-11-17)13-18(20)14-21-12-4-7-15-5-2-1-3-6-15/h1-3,5-6,8-11H,4,7,12-14H2. The van der Waals surface area contributed by atoms with Crippen molar-refractivity contribution in [2.75, 3.05) is 13.2 Å². The maximum atomic E-state index is 12.7. The summed E-state index contributed by atoms with van der Waals surface area (Å²) in [5.41, 5.74) is 2.09. The molecule has 0 spiro atoms. The number of ether oxygens (including phenoxy) is 1. The summed E-state index contributed by atoms with van der Waals surface area (Å²) >= 11 is 0. The molecule has 0 amide bonds. The summed E-state index contributed by atoms with van der Waals surface area (Å²) < 4.78 is 18.1. The van der Waals surface area contributed by atoms with Crippen LogP contribution in [0, 0.1) is 5.82 Å². The van der Waals surface area contributed by atoms with E-state index in [1.807, 2.05) is 18.2 Å². The predicted octanol–water partition coefficient (Wildman–Crippen LogP) is 3.59. The Bertz CT molecular complexity index is 549. The lowest BCUT2D eigenvalue weighted by Crippen LogP contribution is -2.12. The van der Waals surface area contributed by atoms with Crippen LogP contribution in [-0.2, 0) is 22.4 Å². The van der Waals surface area contributed by atoms with E-state index in [0.29, 0.717) is 13.0 Å². The first-order chi connectivity index (χ1) is 10.2. The molecule has 0 N–H and O–H groups in total. The van der Waals surface area contributed by atoms with E-state index in [9.17, 15) is 9.18 Å². The minimum Gasteiger partial charge on any atom is -0.374 e. The minimum absolute atomic E-state index is 0.0151. The Kier molecular flexibility index (Phi) is 6.10. The fourth-order valence-corrected chi connectivity index (χ4v) is 2.09. The second kappa shape index (κ2) is 8.32. The van der Waals surface area contributed by atoms with Crippen molar-refractivity contribution in [2.45, 2.75) is 19.3 Å². The number of carbonyl (C=O) groups excluding carboxylic acids is 1. The van der Waals surface area contributed by atoms with E-state index < -0.39 is 0 Å². The number of hydrogen-bond donors (Lipinski definition) is 0. The molecule has 3 heteroatoms. The predicted molar refractivity (Wildman–Crippen MR) is 80.7 cm³/mol. The maximum absolute atomic E-state index is 12.7. The molecule has 0 bridgehead atoms. The summed E-state index contributed by atoms with van der Waals surface area (Å²) in [5.74, 6) is -0.273. The van der Waals surface area contributed by atoms with Gasteiger partial charge in [-0.1, -0.05) is 42.5 Å². The topological polar surface area (TPSA) is 26.3 Å². The van der Waals surface area contributed by atoms with E-state index in [1.54, 1.807) is 12.1 Å². The van der Waals surface area contributed by atoms with Gasteiger partial charge in [-0.15, -0.1) is 0 Å². The van der Waals surface area contributed by atoms with Crippen LogP contribution >= 0.6 is 0 Å². The smallest absolute Gasteiger partial charge is 0.162 e. The van der Waals surface area contributed by atoms with Crippen LogP contribution in [0.4, 0.5) is 4.39 Å². The summed E-state index contributed by atoms with van der Waals surface area (Å²) in [6.07, 6.45) is 2.14. The first kappa shape index (κ1) is 15.4. The van der Waals surface area contributed by atoms with E-state index >= 15 is 0 Å². The lowest BCUT2D eigenvalue weighted by molar-refractivity contribution is -0.122. The Labute approximate surface area is 124 Å². The Morgan fingerprint density at radius 3 is 2.38 bits per heavy atom. The van der Waals surface area contributed by atoms with Crippen molar-refractivity contribution < 1.29 is 13.9 Å². The van der Waals surface area contributed by atoms with E-state index in [0.717, 1.165) is 18.4 Å². The van der Waals surface area contributed by atoms with Gasteiger partial charge in [-0.3, -0.25) is 4.79 Å². The summed E-state index contributed by atoms with van der Waals surface area (Å²) in [7, 11) is 0. The maximum Gasteiger partial charge on any atom is 0.162 e. The molecular weight excluding hydrogens is 267 g/mol. The third-order valence-corrected chi connectivity index (χ3v) is 3.17. The summed E-state index contributed by atoms with van der Waals surface area (Å²) in [5, 5.41) is 0. The molecule has 2 aromatic carbocycles. The lowest BCUT2D eigenvalue weighted by Gasteiger charge is -2.04. The number of hydrogen-bond acceptors (Lipinski definition) is 2. The van der Waals surface area contributed by atoms with Crippen LogP contribution in [0.2, 0.25) is 0 Å². The minimum atomic E-state index is -0.289. The van der Waals surface area contributed by atoms with Crippen molar-refractivity contribution in [1.29, 1.82) is 0 Å². The monoisotopic (exact) mass is 286 g/mol. The number of aryl methyl sites for hydroxylation is 1. The van der Waals surface area contributed by atoms with Gasteiger partial charge in [0.1, 0.15) is 12.4 Å². The zero-order valence-corrected chi connectivity index (χ0v) is 11.9. The molecule has 2 rings (SSSR count). The molecule has 0 heterocycles. The first-order valence-corrected chi connectivity index (χ1v) is 7.12. The second-order valence-electron chi connectivity index (χ2n) is 4.98. The van der Waals surface area contributed by atoms with E-state index in [4.69, 9.17) is 4.74 Å². The highest BCUT2D eigenvalue weighted by molar-refractivity contribution is 5.82. The van der Waals surface area contributed by atoms with Gasteiger partial charge in [0.25, 0.3) is 0 Å². The van der Waals surface area contributed by atoms with Gasteiger partial charge >= 0.3 is 0 Å². The molecule has 0 saturated heterocycles. The van der Waals surface area contributed by atoms with Gasteiger partial charge in [0.05, 0.1) is 0 Å². The quantitative estimate of drug-likeness (QED) is 0.693. The molecule has 0 unspecified atom stereocenters. The largest absolute Gasteiger partial charge is 0.374 e. The number of ketones is 1. The summed E-state index contributed by atoms with van der Waals surface area (Å²) in [6.45, 7) is 0.691. The van der Waals surface area contributed by atoms with Gasteiger partial charge < -0.3 is 4.74 Å². The molecule has 0 atom stereocenters. The lowest BCUT2D eigenvalue weighted by atomic mass is 10.1. The van der Waals surface area contributed by atoms with Gasteiger partial charge in [0, 0.05) is 13.0 Å². The fourth-order valence-electron chi connectivity index (χ4n) is 2.09. The van der Waals surface area contributed by atoms with Gasteiger partial charge in [0.2, 0.25) is 0 Å². The highest BCUT2D eigenvalue weighted by Crippen LogP contribution is 2.05. The van der Waals surface area contributed by atoms with Crippen LogP contribution in [0.5, 0.6) is 0 Å². The van der Waals surface area contributed by atoms with Crippen molar-refractivity contribution in [3.63, 3.8) is 0 Å². The Hall–Kier alpha value is -2.00. The van der Waals surface area contributed by atoms with E-state index in [2.05, 4.69) is 12.1 Å². The average Bonchev–Trinajstić information content (AvgIpc) is 2.50. The van der Waals surface area contributed by atoms with Crippen molar-refractivity contribution >= 4 is 5.78 Å². The number of halogens is 1. The molecular formula is C18H19FO2. The van der Waals surface area contributed by atoms with E-state index in [1.165, 1.54) is 17.7 Å². The molecule has 0 aliphatic rings. The Balaban J connectivity index is 1.60. The zero-order chi connectivity index (χ0) is 14.9. The Morgan fingerprint density at radius 1 is 0.952 bits per heavy atom. The highest BCUT2D eigenvalue weighted by atomic mass is 19.1.